The van der Waals surface area contributed by atoms with Gasteiger partial charge in [0.15, 0.2) is 11.5 Å². The maximum absolute atomic E-state index is 12.7. The maximum atomic E-state index is 12.7. The lowest BCUT2D eigenvalue weighted by Crippen LogP contribution is -2.21. The van der Waals surface area contributed by atoms with E-state index in [2.05, 4.69) is 15.0 Å². The van der Waals surface area contributed by atoms with Crippen LogP contribution in [0.15, 0.2) is 36.9 Å². The molecule has 2 aromatic heterocycles. The lowest BCUT2D eigenvalue weighted by molar-refractivity contribution is -0.384. The Hall–Kier alpha value is -2.92. The van der Waals surface area contributed by atoms with E-state index in [0.717, 1.165) is 5.56 Å². The van der Waals surface area contributed by atoms with Gasteiger partial charge in [-0.15, -0.1) is 0 Å². The van der Waals surface area contributed by atoms with Crippen molar-refractivity contribution in [2.45, 2.75) is 12.5 Å². The van der Waals surface area contributed by atoms with Gasteiger partial charge in [-0.1, -0.05) is 12.1 Å². The summed E-state index contributed by atoms with van der Waals surface area (Å²) in [6.45, 7) is 1.04. The zero-order valence-electron chi connectivity index (χ0n) is 15.8. The third-order valence-electron chi connectivity index (χ3n) is 4.68. The molecule has 158 valence electrons. The number of aromatic nitrogens is 4. The number of rotatable bonds is 7. The third-order valence-corrected chi connectivity index (χ3v) is 6.26. The van der Waals surface area contributed by atoms with E-state index in [0.29, 0.717) is 23.5 Å². The summed E-state index contributed by atoms with van der Waals surface area (Å²) < 4.78 is 30.8. The van der Waals surface area contributed by atoms with Gasteiger partial charge < -0.3 is 24.1 Å². The topological polar surface area (TPSA) is 158 Å². The largest absolute Gasteiger partial charge is 0.382 e. The number of fused-ring (bicyclic) bond motifs is 1. The molecule has 0 amide bonds. The minimum absolute atomic E-state index is 0.00953. The smallest absolute Gasteiger partial charge is 0.356 e. The van der Waals surface area contributed by atoms with Gasteiger partial charge in [-0.2, -0.15) is 0 Å². The number of hydrogen-bond donors (Lipinski definition) is 1. The first kappa shape index (κ1) is 20.4. The third kappa shape index (κ3) is 4.31. The molecule has 13 heteroatoms. The van der Waals surface area contributed by atoms with Gasteiger partial charge >= 0.3 is 7.60 Å². The summed E-state index contributed by atoms with van der Waals surface area (Å²) in [5.41, 5.74) is 7.69. The molecular weight excluding hydrogens is 415 g/mol. The Kier molecular flexibility index (Phi) is 5.73. The van der Waals surface area contributed by atoms with Crippen LogP contribution in [-0.2, 0) is 24.9 Å². The van der Waals surface area contributed by atoms with Gasteiger partial charge in [0.1, 0.15) is 18.2 Å². The number of benzene rings is 1. The van der Waals surface area contributed by atoms with Gasteiger partial charge in [-0.25, -0.2) is 15.0 Å². The van der Waals surface area contributed by atoms with E-state index in [4.69, 9.17) is 19.5 Å². The lowest BCUT2D eigenvalue weighted by Gasteiger charge is -2.29. The van der Waals surface area contributed by atoms with Crippen molar-refractivity contribution in [1.29, 1.82) is 0 Å². The molecule has 2 N–H and O–H groups in total. The molecule has 30 heavy (non-hydrogen) atoms. The fourth-order valence-corrected chi connectivity index (χ4v) is 4.42. The van der Waals surface area contributed by atoms with Gasteiger partial charge in [0.2, 0.25) is 0 Å². The summed E-state index contributed by atoms with van der Waals surface area (Å²) in [4.78, 5) is 22.5. The Balaban J connectivity index is 1.26. The monoisotopic (exact) mass is 434 g/mol. The Morgan fingerprint density at radius 2 is 1.97 bits per heavy atom. The molecule has 0 atom stereocenters. The number of ether oxygens (including phenoxy) is 1. The maximum Gasteiger partial charge on any atom is 0.356 e. The van der Waals surface area contributed by atoms with Gasteiger partial charge in [-0.05, 0) is 5.56 Å². The second-order valence-corrected chi connectivity index (χ2v) is 8.65. The summed E-state index contributed by atoms with van der Waals surface area (Å²) in [5, 5.41) is 10.7. The van der Waals surface area contributed by atoms with Crippen LogP contribution in [0.5, 0.6) is 0 Å². The highest BCUT2D eigenvalue weighted by atomic mass is 31.2. The molecule has 0 saturated carbocycles. The van der Waals surface area contributed by atoms with E-state index in [1.807, 2.05) is 0 Å². The van der Waals surface area contributed by atoms with Crippen LogP contribution in [0.4, 0.5) is 11.5 Å². The number of non-ortho nitro benzene ring substituents is 1. The van der Waals surface area contributed by atoms with Crippen LogP contribution in [-0.4, -0.2) is 50.6 Å². The normalized spacial score (nSPS) is 21.7. The van der Waals surface area contributed by atoms with Crippen LogP contribution >= 0.6 is 7.60 Å². The van der Waals surface area contributed by atoms with Gasteiger partial charge in [0, 0.05) is 24.6 Å². The summed E-state index contributed by atoms with van der Waals surface area (Å²) in [7, 11) is -3.36. The van der Waals surface area contributed by atoms with E-state index in [-0.39, 0.29) is 37.8 Å². The molecule has 1 aliphatic heterocycles. The zero-order valence-corrected chi connectivity index (χ0v) is 16.7. The number of nitrogens with zero attached hydrogens (tertiary/aromatic N) is 5. The van der Waals surface area contributed by atoms with E-state index >= 15 is 0 Å². The zero-order chi connectivity index (χ0) is 21.1. The average Bonchev–Trinajstić information content (AvgIpc) is 3.16. The Morgan fingerprint density at radius 3 is 2.67 bits per heavy atom. The van der Waals surface area contributed by atoms with Gasteiger partial charge in [0.05, 0.1) is 31.1 Å². The molecule has 0 radical (unpaired) electrons. The summed E-state index contributed by atoms with van der Waals surface area (Å²) in [5.74, 6) is 0.144. The van der Waals surface area contributed by atoms with Crippen molar-refractivity contribution in [3.8, 4) is 0 Å². The van der Waals surface area contributed by atoms with Crippen LogP contribution < -0.4 is 5.73 Å². The Labute approximate surface area is 170 Å². The number of anilines is 1. The summed E-state index contributed by atoms with van der Waals surface area (Å²) in [6.07, 6.45) is 2.77. The molecule has 1 aliphatic rings. The highest BCUT2D eigenvalue weighted by molar-refractivity contribution is 7.53. The van der Waals surface area contributed by atoms with Crippen LogP contribution in [0.2, 0.25) is 0 Å². The van der Waals surface area contributed by atoms with Crippen molar-refractivity contribution in [2.24, 2.45) is 0 Å². The van der Waals surface area contributed by atoms with Crippen molar-refractivity contribution in [1.82, 2.24) is 19.5 Å². The molecule has 1 saturated heterocycles. The molecule has 0 spiro atoms. The number of nitrogens with two attached hydrogens (primary N) is 1. The number of imidazole rings is 1. The van der Waals surface area contributed by atoms with Crippen molar-refractivity contribution >= 4 is 30.3 Å². The Bertz CT molecular complexity index is 1090. The predicted octanol–water partition coefficient (Wildman–Crippen LogP) is 2.31. The first-order chi connectivity index (χ1) is 14.5. The highest BCUT2D eigenvalue weighted by Crippen LogP contribution is 2.52. The SMILES string of the molecule is Nc1ncnc2c1ncn2CCOCP1(=O)OCC(c2ccc([N+](=O)[O-])cc2)CO1. The summed E-state index contributed by atoms with van der Waals surface area (Å²) >= 11 is 0. The fraction of sp³-hybridized carbons (Fsp3) is 0.353. The molecule has 3 aromatic rings. The predicted molar refractivity (Wildman–Crippen MR) is 106 cm³/mol. The first-order valence-corrected chi connectivity index (χ1v) is 10.8. The molecular formula is C17H19N6O6P. The number of nitro groups is 1. The van der Waals surface area contributed by atoms with Crippen LogP contribution in [0, 0.1) is 10.1 Å². The number of nitrogen functional groups attached to an aromatic ring is 1. The lowest BCUT2D eigenvalue weighted by atomic mass is 10.0. The highest BCUT2D eigenvalue weighted by Gasteiger charge is 2.33. The molecule has 4 rings (SSSR count). The molecule has 1 fully saturated rings. The van der Waals surface area contributed by atoms with E-state index in [1.54, 1.807) is 23.0 Å². The molecule has 0 unspecified atom stereocenters. The van der Waals surface area contributed by atoms with Crippen LogP contribution in [0.25, 0.3) is 11.2 Å². The second-order valence-electron chi connectivity index (χ2n) is 6.65. The standard InChI is InChI=1S/C17H19N6O6P/c18-16-15-17(20-9-19-16)22(10-21-15)5-6-27-11-30(26)28-7-13(8-29-30)12-1-3-14(4-2-12)23(24)25/h1-4,9-10,13H,5-8,11H2,(H2,18,19,20). The molecule has 3 heterocycles. The molecule has 12 nitrogen and oxygen atoms in total. The minimum atomic E-state index is -3.36. The van der Waals surface area contributed by atoms with Gasteiger partial charge in [0.25, 0.3) is 5.69 Å². The van der Waals surface area contributed by atoms with Crippen molar-refractivity contribution < 1.29 is 23.3 Å². The minimum Gasteiger partial charge on any atom is -0.382 e. The summed E-state index contributed by atoms with van der Waals surface area (Å²) in [6, 6.07) is 6.14. The van der Waals surface area contributed by atoms with Crippen LogP contribution in [0.3, 0.4) is 0 Å². The average molecular weight is 434 g/mol. The van der Waals surface area contributed by atoms with Crippen molar-refractivity contribution in [2.75, 3.05) is 31.9 Å². The molecule has 0 aliphatic carbocycles. The fourth-order valence-electron chi connectivity index (χ4n) is 3.03. The number of nitro benzene ring substituents is 1. The molecule has 1 aromatic carbocycles. The van der Waals surface area contributed by atoms with Crippen molar-refractivity contribution in [3.63, 3.8) is 0 Å². The first-order valence-electron chi connectivity index (χ1n) is 9.07. The van der Waals surface area contributed by atoms with Gasteiger partial charge in [-0.3, -0.25) is 14.7 Å². The quantitative estimate of drug-likeness (QED) is 0.253. The van der Waals surface area contributed by atoms with Crippen molar-refractivity contribution in [3.05, 3.63) is 52.6 Å². The van der Waals surface area contributed by atoms with E-state index < -0.39 is 12.5 Å². The van der Waals surface area contributed by atoms with E-state index in [9.17, 15) is 14.7 Å². The number of hydrogen-bond acceptors (Lipinski definition) is 10. The molecule has 0 bridgehead atoms. The Morgan fingerprint density at radius 1 is 1.23 bits per heavy atom. The van der Waals surface area contributed by atoms with Crippen LogP contribution in [0.1, 0.15) is 11.5 Å². The van der Waals surface area contributed by atoms with E-state index in [1.165, 1.54) is 18.5 Å². The second kappa shape index (κ2) is 8.44.